The van der Waals surface area contributed by atoms with E-state index in [-0.39, 0.29) is 18.1 Å². The van der Waals surface area contributed by atoms with Crippen LogP contribution in [0.15, 0.2) is 85.2 Å². The number of carbonyl (C=O) groups is 1. The zero-order valence-electron chi connectivity index (χ0n) is 18.9. The van der Waals surface area contributed by atoms with E-state index in [4.69, 9.17) is 4.74 Å². The summed E-state index contributed by atoms with van der Waals surface area (Å²) in [4.78, 5) is 21.6. The number of para-hydroxylation sites is 1. The van der Waals surface area contributed by atoms with Crippen molar-refractivity contribution in [3.63, 3.8) is 0 Å². The molecule has 1 aromatic heterocycles. The SMILES string of the molecule is O=C(CCc1ccccc1)N1CCC(N2C[C@H](Oc3ccccc3)[C@@H]2c2ccncc2)CC1. The highest BCUT2D eigenvalue weighted by atomic mass is 16.5. The average molecular weight is 442 g/mol. The van der Waals surface area contributed by atoms with Crippen LogP contribution in [0.5, 0.6) is 5.75 Å². The van der Waals surface area contributed by atoms with Gasteiger partial charge in [0.2, 0.25) is 5.91 Å². The summed E-state index contributed by atoms with van der Waals surface area (Å²) in [6.07, 6.45) is 7.27. The van der Waals surface area contributed by atoms with Crippen LogP contribution in [0, 0.1) is 0 Å². The van der Waals surface area contributed by atoms with Gasteiger partial charge in [-0.25, -0.2) is 0 Å². The quantitative estimate of drug-likeness (QED) is 0.541. The number of benzene rings is 2. The first-order chi connectivity index (χ1) is 16.3. The zero-order valence-corrected chi connectivity index (χ0v) is 18.9. The van der Waals surface area contributed by atoms with Crippen molar-refractivity contribution >= 4 is 5.91 Å². The van der Waals surface area contributed by atoms with Crippen LogP contribution in [-0.4, -0.2) is 52.5 Å². The number of aromatic nitrogens is 1. The minimum Gasteiger partial charge on any atom is -0.487 e. The highest BCUT2D eigenvalue weighted by Crippen LogP contribution is 2.40. The first kappa shape index (κ1) is 21.7. The number of nitrogens with zero attached hydrogens (tertiary/aromatic N) is 3. The molecular weight excluding hydrogens is 410 g/mol. The van der Waals surface area contributed by atoms with Crippen molar-refractivity contribution in [2.45, 2.75) is 43.9 Å². The lowest BCUT2D eigenvalue weighted by Crippen LogP contribution is -2.61. The maximum Gasteiger partial charge on any atom is 0.222 e. The first-order valence-corrected chi connectivity index (χ1v) is 12.0. The van der Waals surface area contributed by atoms with Crippen LogP contribution in [-0.2, 0) is 11.2 Å². The van der Waals surface area contributed by atoms with Crippen molar-refractivity contribution in [2.24, 2.45) is 0 Å². The number of hydrogen-bond donors (Lipinski definition) is 0. The summed E-state index contributed by atoms with van der Waals surface area (Å²) in [6.45, 7) is 2.58. The largest absolute Gasteiger partial charge is 0.487 e. The van der Waals surface area contributed by atoms with Gasteiger partial charge in [0.25, 0.3) is 0 Å². The molecule has 0 aliphatic carbocycles. The molecule has 2 atom stereocenters. The van der Waals surface area contributed by atoms with E-state index in [9.17, 15) is 4.79 Å². The average Bonchev–Trinajstić information content (AvgIpc) is 2.87. The molecule has 3 aromatic rings. The van der Waals surface area contributed by atoms with Gasteiger partial charge in [0.15, 0.2) is 0 Å². The first-order valence-electron chi connectivity index (χ1n) is 12.0. The minimum atomic E-state index is 0.125. The van der Waals surface area contributed by atoms with Crippen LogP contribution in [0.4, 0.5) is 0 Å². The van der Waals surface area contributed by atoms with Crippen molar-refractivity contribution in [3.8, 4) is 5.75 Å². The number of pyridine rings is 1. The molecule has 0 N–H and O–H groups in total. The van der Waals surface area contributed by atoms with Gasteiger partial charge in [-0.2, -0.15) is 0 Å². The maximum absolute atomic E-state index is 12.8. The molecule has 2 aliphatic rings. The highest BCUT2D eigenvalue weighted by molar-refractivity contribution is 5.76. The number of hydrogen-bond acceptors (Lipinski definition) is 4. The van der Waals surface area contributed by atoms with E-state index in [0.717, 1.165) is 44.6 Å². The fourth-order valence-electron chi connectivity index (χ4n) is 5.12. The smallest absolute Gasteiger partial charge is 0.222 e. The van der Waals surface area contributed by atoms with Gasteiger partial charge in [0.1, 0.15) is 11.9 Å². The molecule has 2 aromatic carbocycles. The Morgan fingerprint density at radius 1 is 0.909 bits per heavy atom. The second kappa shape index (κ2) is 10.2. The van der Waals surface area contributed by atoms with E-state index in [1.165, 1.54) is 11.1 Å². The topological polar surface area (TPSA) is 45.7 Å². The van der Waals surface area contributed by atoms with Crippen LogP contribution in [0.1, 0.15) is 36.4 Å². The number of carbonyl (C=O) groups excluding carboxylic acids is 1. The molecule has 170 valence electrons. The summed E-state index contributed by atoms with van der Waals surface area (Å²) in [6, 6.07) is 25.2. The number of aryl methyl sites for hydroxylation is 1. The third-order valence-electron chi connectivity index (χ3n) is 6.94. The van der Waals surface area contributed by atoms with Gasteiger partial charge in [-0.05, 0) is 54.7 Å². The molecule has 33 heavy (non-hydrogen) atoms. The van der Waals surface area contributed by atoms with Gasteiger partial charge in [0, 0.05) is 44.5 Å². The molecule has 2 fully saturated rings. The van der Waals surface area contributed by atoms with Crippen molar-refractivity contribution in [2.75, 3.05) is 19.6 Å². The van der Waals surface area contributed by atoms with Crippen LogP contribution >= 0.6 is 0 Å². The molecule has 5 heteroatoms. The number of likely N-dealkylation sites (tertiary alicyclic amines) is 2. The number of rotatable bonds is 7. The molecule has 5 rings (SSSR count). The van der Waals surface area contributed by atoms with E-state index < -0.39 is 0 Å². The zero-order chi connectivity index (χ0) is 22.5. The highest BCUT2D eigenvalue weighted by Gasteiger charge is 2.45. The van der Waals surface area contributed by atoms with Crippen molar-refractivity contribution in [3.05, 3.63) is 96.3 Å². The van der Waals surface area contributed by atoms with Gasteiger partial charge in [-0.1, -0.05) is 48.5 Å². The van der Waals surface area contributed by atoms with Gasteiger partial charge < -0.3 is 9.64 Å². The summed E-state index contributed by atoms with van der Waals surface area (Å²) < 4.78 is 6.35. The molecule has 1 amide bonds. The Morgan fingerprint density at radius 2 is 1.58 bits per heavy atom. The molecule has 5 nitrogen and oxygen atoms in total. The molecule has 3 heterocycles. The minimum absolute atomic E-state index is 0.125. The standard InChI is InChI=1S/C28H31N3O2/c32-27(12-11-22-7-3-1-4-8-22)30-19-15-24(16-20-30)31-21-26(33-25-9-5-2-6-10-25)28(31)23-13-17-29-18-14-23/h1-10,13-14,17-18,24,26,28H,11-12,15-16,19-21H2/t26-,28-/m0/s1. The monoisotopic (exact) mass is 441 g/mol. The second-order valence-electron chi connectivity index (χ2n) is 8.99. The number of ether oxygens (including phenoxy) is 1. The molecule has 2 aliphatic heterocycles. The fourth-order valence-corrected chi connectivity index (χ4v) is 5.12. The van der Waals surface area contributed by atoms with Crippen LogP contribution in [0.25, 0.3) is 0 Å². The van der Waals surface area contributed by atoms with E-state index >= 15 is 0 Å². The summed E-state index contributed by atoms with van der Waals surface area (Å²) in [5.74, 6) is 1.19. The number of amides is 1. The fraction of sp³-hybridized carbons (Fsp3) is 0.357. The van der Waals surface area contributed by atoms with Crippen LogP contribution in [0.3, 0.4) is 0 Å². The van der Waals surface area contributed by atoms with E-state index in [0.29, 0.717) is 12.5 Å². The second-order valence-corrected chi connectivity index (χ2v) is 8.99. The molecular formula is C28H31N3O2. The Hall–Kier alpha value is -3.18. The summed E-state index contributed by atoms with van der Waals surface area (Å²) in [5, 5.41) is 0. The summed E-state index contributed by atoms with van der Waals surface area (Å²) in [7, 11) is 0. The summed E-state index contributed by atoms with van der Waals surface area (Å²) in [5.41, 5.74) is 2.48. The predicted octanol–water partition coefficient (Wildman–Crippen LogP) is 4.51. The number of piperidine rings is 1. The Kier molecular flexibility index (Phi) is 6.68. The Bertz CT molecular complexity index is 1020. The Balaban J connectivity index is 1.18. The normalized spacial score (nSPS) is 21.4. The molecule has 0 bridgehead atoms. The lowest BCUT2D eigenvalue weighted by molar-refractivity contribution is -0.135. The Labute approximate surface area is 196 Å². The van der Waals surface area contributed by atoms with E-state index in [1.54, 1.807) is 0 Å². The van der Waals surface area contributed by atoms with Gasteiger partial charge in [-0.3, -0.25) is 14.7 Å². The van der Waals surface area contributed by atoms with Crippen molar-refractivity contribution < 1.29 is 9.53 Å². The van der Waals surface area contributed by atoms with Crippen LogP contribution < -0.4 is 4.74 Å². The Morgan fingerprint density at radius 3 is 2.27 bits per heavy atom. The van der Waals surface area contributed by atoms with Crippen LogP contribution in [0.2, 0.25) is 0 Å². The molecule has 0 saturated carbocycles. The van der Waals surface area contributed by atoms with E-state index in [1.807, 2.05) is 60.9 Å². The molecule has 0 radical (unpaired) electrons. The van der Waals surface area contributed by atoms with Crippen molar-refractivity contribution in [1.82, 2.24) is 14.8 Å². The molecule has 0 unspecified atom stereocenters. The maximum atomic E-state index is 12.8. The third kappa shape index (κ3) is 5.09. The lowest BCUT2D eigenvalue weighted by atomic mass is 9.87. The molecule has 2 saturated heterocycles. The predicted molar refractivity (Wildman–Crippen MR) is 129 cm³/mol. The van der Waals surface area contributed by atoms with Gasteiger partial charge in [-0.15, -0.1) is 0 Å². The lowest BCUT2D eigenvalue weighted by Gasteiger charge is -2.53. The van der Waals surface area contributed by atoms with Crippen molar-refractivity contribution in [1.29, 1.82) is 0 Å². The van der Waals surface area contributed by atoms with Gasteiger partial charge >= 0.3 is 0 Å². The summed E-state index contributed by atoms with van der Waals surface area (Å²) >= 11 is 0. The molecule has 0 spiro atoms. The third-order valence-corrected chi connectivity index (χ3v) is 6.94. The van der Waals surface area contributed by atoms with E-state index in [2.05, 4.69) is 39.0 Å². The van der Waals surface area contributed by atoms with Gasteiger partial charge in [0.05, 0.1) is 6.04 Å².